The molecule has 2 aromatic rings. The number of aryl methyl sites for hydroxylation is 1. The summed E-state index contributed by atoms with van der Waals surface area (Å²) in [6.45, 7) is 8.42. The maximum atomic E-state index is 15.1. The van der Waals surface area contributed by atoms with Crippen LogP contribution < -0.4 is 5.32 Å². The molecule has 1 aliphatic rings. The average molecular weight is 403 g/mol. The van der Waals surface area contributed by atoms with Crippen LogP contribution in [0, 0.1) is 35.3 Å². The molecule has 148 valence electrons. The summed E-state index contributed by atoms with van der Waals surface area (Å²) in [4.78, 5) is 0. The van der Waals surface area contributed by atoms with Gasteiger partial charge < -0.3 is 5.32 Å². The number of nitriles is 1. The van der Waals surface area contributed by atoms with E-state index in [0.29, 0.717) is 24.1 Å². The van der Waals surface area contributed by atoms with Crippen molar-refractivity contribution in [2.75, 3.05) is 6.54 Å². The fraction of sp³-hybridized carbons (Fsp3) is 0.435. The van der Waals surface area contributed by atoms with E-state index < -0.39 is 23.0 Å². The molecule has 5 heteroatoms. The van der Waals surface area contributed by atoms with Gasteiger partial charge in [0.2, 0.25) is 0 Å². The van der Waals surface area contributed by atoms with Gasteiger partial charge in [0.15, 0.2) is 0 Å². The molecule has 0 amide bonds. The molecule has 2 nitrogen and oxygen atoms in total. The highest BCUT2D eigenvalue weighted by molar-refractivity contribution is 6.30. The van der Waals surface area contributed by atoms with Gasteiger partial charge in [0.25, 0.3) is 0 Å². The number of halogens is 3. The Morgan fingerprint density at radius 3 is 2.57 bits per heavy atom. The molecule has 0 saturated carbocycles. The molecule has 0 spiro atoms. The van der Waals surface area contributed by atoms with E-state index in [-0.39, 0.29) is 16.5 Å². The van der Waals surface area contributed by atoms with Gasteiger partial charge in [0, 0.05) is 24.1 Å². The summed E-state index contributed by atoms with van der Waals surface area (Å²) in [5.41, 5.74) is 0.0968. The van der Waals surface area contributed by atoms with E-state index in [0.717, 1.165) is 5.56 Å². The highest BCUT2D eigenvalue weighted by atomic mass is 35.5. The molecule has 0 bridgehead atoms. The second-order valence-electron chi connectivity index (χ2n) is 8.89. The number of rotatable bonds is 3. The lowest BCUT2D eigenvalue weighted by molar-refractivity contribution is 0.278. The van der Waals surface area contributed by atoms with Crippen LogP contribution in [-0.4, -0.2) is 12.6 Å². The fourth-order valence-electron chi connectivity index (χ4n) is 4.36. The number of hydrogen-bond donors (Lipinski definition) is 1. The minimum atomic E-state index is -1.24. The molecule has 3 unspecified atom stereocenters. The van der Waals surface area contributed by atoms with E-state index in [4.69, 9.17) is 11.6 Å². The third-order valence-electron chi connectivity index (χ3n) is 5.60. The Balaban J connectivity index is 2.25. The topological polar surface area (TPSA) is 35.8 Å². The highest BCUT2D eigenvalue weighted by Crippen LogP contribution is 2.49. The van der Waals surface area contributed by atoms with Crippen LogP contribution in [0.5, 0.6) is 0 Å². The molecule has 0 radical (unpaired) electrons. The van der Waals surface area contributed by atoms with Gasteiger partial charge >= 0.3 is 0 Å². The van der Waals surface area contributed by atoms with Gasteiger partial charge in [-0.05, 0) is 42.0 Å². The summed E-state index contributed by atoms with van der Waals surface area (Å²) in [6.07, 6.45) is 0.645. The fourth-order valence-corrected chi connectivity index (χ4v) is 4.54. The lowest BCUT2D eigenvalue weighted by atomic mass is 9.64. The molecular weight excluding hydrogens is 378 g/mol. The van der Waals surface area contributed by atoms with Crippen molar-refractivity contribution in [3.8, 4) is 6.07 Å². The molecule has 1 saturated heterocycles. The van der Waals surface area contributed by atoms with Gasteiger partial charge in [-0.2, -0.15) is 5.26 Å². The van der Waals surface area contributed by atoms with Crippen LogP contribution >= 0.6 is 11.6 Å². The largest absolute Gasteiger partial charge is 0.311 e. The molecule has 0 aromatic heterocycles. The van der Waals surface area contributed by atoms with Crippen molar-refractivity contribution in [1.82, 2.24) is 5.32 Å². The predicted octanol–water partition coefficient (Wildman–Crippen LogP) is 5.88. The second-order valence-corrected chi connectivity index (χ2v) is 9.29. The van der Waals surface area contributed by atoms with E-state index in [1.165, 1.54) is 12.1 Å². The van der Waals surface area contributed by atoms with Gasteiger partial charge in [-0.3, -0.25) is 0 Å². The zero-order valence-corrected chi connectivity index (χ0v) is 17.4. The van der Waals surface area contributed by atoms with Gasteiger partial charge in [-0.1, -0.05) is 56.6 Å². The number of hydrogen-bond acceptors (Lipinski definition) is 2. The Morgan fingerprint density at radius 1 is 1.25 bits per heavy atom. The first kappa shape index (κ1) is 20.8. The minimum Gasteiger partial charge on any atom is -0.311 e. The second kappa shape index (κ2) is 7.46. The summed E-state index contributed by atoms with van der Waals surface area (Å²) in [7, 11) is 0. The van der Waals surface area contributed by atoms with Crippen molar-refractivity contribution in [3.05, 3.63) is 69.7 Å². The first-order valence-corrected chi connectivity index (χ1v) is 9.83. The van der Waals surface area contributed by atoms with Crippen molar-refractivity contribution in [1.29, 1.82) is 5.26 Å². The predicted molar refractivity (Wildman–Crippen MR) is 108 cm³/mol. The Labute approximate surface area is 170 Å². The van der Waals surface area contributed by atoms with E-state index in [9.17, 15) is 9.65 Å². The Hall–Kier alpha value is -1.96. The van der Waals surface area contributed by atoms with Gasteiger partial charge in [-0.15, -0.1) is 0 Å². The lowest BCUT2D eigenvalue weighted by Gasteiger charge is -2.37. The van der Waals surface area contributed by atoms with Crippen molar-refractivity contribution in [2.45, 2.75) is 51.5 Å². The molecule has 1 aliphatic heterocycles. The summed E-state index contributed by atoms with van der Waals surface area (Å²) < 4.78 is 30.0. The quantitative estimate of drug-likeness (QED) is 0.695. The number of benzene rings is 2. The van der Waals surface area contributed by atoms with Crippen molar-refractivity contribution in [3.63, 3.8) is 0 Å². The van der Waals surface area contributed by atoms with Crippen LogP contribution in [0.3, 0.4) is 0 Å². The average Bonchev–Trinajstić information content (AvgIpc) is 2.94. The third-order valence-corrected chi connectivity index (χ3v) is 5.89. The Morgan fingerprint density at radius 2 is 1.96 bits per heavy atom. The number of nitrogens with one attached hydrogen (secondary N) is 1. The van der Waals surface area contributed by atoms with E-state index in [1.807, 2.05) is 0 Å². The van der Waals surface area contributed by atoms with Crippen LogP contribution in [0.2, 0.25) is 5.02 Å². The molecule has 1 heterocycles. The lowest BCUT2D eigenvalue weighted by Crippen LogP contribution is -2.44. The number of nitrogens with zero attached hydrogens (tertiary/aromatic N) is 1. The first-order valence-electron chi connectivity index (χ1n) is 9.45. The molecule has 3 rings (SSSR count). The summed E-state index contributed by atoms with van der Waals surface area (Å²) >= 11 is 6.02. The van der Waals surface area contributed by atoms with Crippen molar-refractivity contribution < 1.29 is 8.78 Å². The summed E-state index contributed by atoms with van der Waals surface area (Å²) in [6, 6.07) is 11.8. The molecule has 1 fully saturated rings. The van der Waals surface area contributed by atoms with Crippen molar-refractivity contribution >= 4 is 11.6 Å². The van der Waals surface area contributed by atoms with Crippen molar-refractivity contribution in [2.24, 2.45) is 5.41 Å². The summed E-state index contributed by atoms with van der Waals surface area (Å²) in [5.74, 6) is -1.53. The first-order chi connectivity index (χ1) is 13.1. The maximum Gasteiger partial charge on any atom is 0.145 e. The van der Waals surface area contributed by atoms with Crippen LogP contribution in [0.15, 0.2) is 36.4 Å². The van der Waals surface area contributed by atoms with E-state index in [2.05, 4.69) is 32.2 Å². The zero-order valence-electron chi connectivity index (χ0n) is 16.6. The molecule has 2 aromatic carbocycles. The third kappa shape index (κ3) is 3.54. The van der Waals surface area contributed by atoms with E-state index in [1.54, 1.807) is 31.2 Å². The van der Waals surface area contributed by atoms with Gasteiger partial charge in [0.05, 0.1) is 11.1 Å². The SMILES string of the molecule is Cc1ccc(C2(C#N)C(CC(C)(C)C)NCC2c2cccc(Cl)c2F)c(F)c1. The van der Waals surface area contributed by atoms with Gasteiger partial charge in [-0.25, -0.2) is 8.78 Å². The molecule has 1 N–H and O–H groups in total. The minimum absolute atomic E-state index is 0.00740. The molecular formula is C23H25ClF2N2. The monoisotopic (exact) mass is 402 g/mol. The zero-order chi connectivity index (χ0) is 20.7. The van der Waals surface area contributed by atoms with Crippen LogP contribution in [0.1, 0.15) is 49.8 Å². The van der Waals surface area contributed by atoms with Crippen LogP contribution in [0.4, 0.5) is 8.78 Å². The summed E-state index contributed by atoms with van der Waals surface area (Å²) in [5, 5.41) is 13.8. The molecule has 3 atom stereocenters. The standard InChI is InChI=1S/C23H25ClF2N2/c1-14-8-9-16(19(25)10-14)23(13-27)17(12-28-20(23)11-22(2,3)4)15-6-5-7-18(24)21(15)26/h5-10,17,20,28H,11-12H2,1-4H3. The Bertz CT molecular complexity index is 929. The van der Waals surface area contributed by atoms with Crippen LogP contribution in [-0.2, 0) is 5.41 Å². The normalized spacial score (nSPS) is 24.9. The highest BCUT2D eigenvalue weighted by Gasteiger charge is 2.55. The maximum absolute atomic E-state index is 15.1. The smallest absolute Gasteiger partial charge is 0.145 e. The van der Waals surface area contributed by atoms with Gasteiger partial charge in [0.1, 0.15) is 17.0 Å². The van der Waals surface area contributed by atoms with Crippen LogP contribution in [0.25, 0.3) is 0 Å². The molecule has 0 aliphatic carbocycles. The van der Waals surface area contributed by atoms with E-state index >= 15 is 4.39 Å². The Kier molecular flexibility index (Phi) is 5.53. The molecule has 28 heavy (non-hydrogen) atoms.